The van der Waals surface area contributed by atoms with Crippen molar-refractivity contribution < 1.29 is 9.69 Å². The van der Waals surface area contributed by atoms with Gasteiger partial charge in [0, 0.05) is 13.2 Å². The number of nitrogens with zero attached hydrogens (tertiary/aromatic N) is 4. The number of carbonyl (C=O) groups excluding carboxylic acids is 1. The molecule has 2 aliphatic rings. The number of rotatable bonds is 2. The van der Waals surface area contributed by atoms with Crippen molar-refractivity contribution in [2.24, 2.45) is 0 Å². The summed E-state index contributed by atoms with van der Waals surface area (Å²) in [6.07, 6.45) is 3.38. The van der Waals surface area contributed by atoms with Crippen LogP contribution in [0.15, 0.2) is 28.0 Å². The monoisotopic (exact) mass is 416 g/mol. The van der Waals surface area contributed by atoms with Gasteiger partial charge in [-0.3, -0.25) is 18.9 Å². The fraction of sp³-hybridized carbons (Fsp3) is 0.368. The van der Waals surface area contributed by atoms with E-state index in [-0.39, 0.29) is 11.5 Å². The van der Waals surface area contributed by atoms with Crippen molar-refractivity contribution in [3.8, 4) is 0 Å². The molecule has 146 valence electrons. The molecule has 9 heteroatoms. The lowest BCUT2D eigenvalue weighted by Crippen LogP contribution is -3.12. The summed E-state index contributed by atoms with van der Waals surface area (Å²) in [5.41, 5.74) is 1.86. The Labute approximate surface area is 172 Å². The minimum absolute atomic E-state index is 0.170. The van der Waals surface area contributed by atoms with Gasteiger partial charge in [-0.1, -0.05) is 30.0 Å². The quantitative estimate of drug-likeness (QED) is 0.556. The van der Waals surface area contributed by atoms with Crippen LogP contribution < -0.4 is 15.4 Å². The highest BCUT2D eigenvalue weighted by molar-refractivity contribution is 8.26. The lowest BCUT2D eigenvalue weighted by Gasteiger charge is -2.31. The van der Waals surface area contributed by atoms with Gasteiger partial charge in [-0.05, 0) is 24.6 Å². The van der Waals surface area contributed by atoms with E-state index >= 15 is 0 Å². The van der Waals surface area contributed by atoms with Crippen LogP contribution in [0.25, 0.3) is 11.7 Å². The Morgan fingerprint density at radius 2 is 2.00 bits per heavy atom. The second-order valence-electron chi connectivity index (χ2n) is 7.22. The Balaban J connectivity index is 1.92. The van der Waals surface area contributed by atoms with Gasteiger partial charge < -0.3 is 9.80 Å². The Bertz CT molecular complexity index is 1070. The van der Waals surface area contributed by atoms with E-state index in [9.17, 15) is 9.59 Å². The summed E-state index contributed by atoms with van der Waals surface area (Å²) < 4.78 is 2.05. The number of nitrogens with one attached hydrogen (secondary N) is 1. The molecular weight excluding hydrogens is 394 g/mol. The molecule has 0 aliphatic carbocycles. The Morgan fingerprint density at radius 1 is 1.29 bits per heavy atom. The van der Waals surface area contributed by atoms with Crippen molar-refractivity contribution >= 4 is 51.7 Å². The molecule has 2 aromatic heterocycles. The van der Waals surface area contributed by atoms with Gasteiger partial charge in [-0.2, -0.15) is 0 Å². The molecule has 7 nitrogen and oxygen atoms in total. The molecule has 0 radical (unpaired) electrons. The van der Waals surface area contributed by atoms with Crippen LogP contribution in [-0.2, 0) is 4.79 Å². The predicted octanol–water partition coefficient (Wildman–Crippen LogP) is 0.169. The van der Waals surface area contributed by atoms with Crippen LogP contribution in [-0.4, -0.2) is 64.8 Å². The molecule has 0 aromatic carbocycles. The zero-order valence-corrected chi connectivity index (χ0v) is 17.7. The van der Waals surface area contributed by atoms with E-state index in [4.69, 9.17) is 17.2 Å². The molecule has 28 heavy (non-hydrogen) atoms. The molecule has 2 aromatic rings. The lowest BCUT2D eigenvalue weighted by atomic mass is 10.2. The number of pyridine rings is 1. The second-order valence-corrected chi connectivity index (χ2v) is 8.90. The van der Waals surface area contributed by atoms with Gasteiger partial charge in [0.2, 0.25) is 0 Å². The topological polar surface area (TPSA) is 62.4 Å². The molecule has 0 atom stereocenters. The number of anilines is 1. The smallest absolute Gasteiger partial charge is 0.267 e. The van der Waals surface area contributed by atoms with Gasteiger partial charge in [-0.15, -0.1) is 0 Å². The van der Waals surface area contributed by atoms with Crippen molar-refractivity contribution in [3.05, 3.63) is 44.7 Å². The number of aromatic nitrogens is 2. The Kier molecular flexibility index (Phi) is 4.98. The van der Waals surface area contributed by atoms with Crippen LogP contribution in [0.1, 0.15) is 11.1 Å². The van der Waals surface area contributed by atoms with Gasteiger partial charge in [0.25, 0.3) is 11.5 Å². The second kappa shape index (κ2) is 7.31. The standard InChI is InChI=1S/C19H21N5O2S2/c1-12-5-4-6-24-15(12)20-16(23-9-7-21(2)8-10-23)13(17(24)25)11-14-18(26)22(3)19(27)28-14/h4-6,11H,7-10H2,1-3H3/p+1. The van der Waals surface area contributed by atoms with Crippen LogP contribution in [0.3, 0.4) is 0 Å². The fourth-order valence-electron chi connectivity index (χ4n) is 3.44. The van der Waals surface area contributed by atoms with Crippen LogP contribution in [0.4, 0.5) is 5.82 Å². The molecule has 2 fully saturated rings. The fourth-order valence-corrected chi connectivity index (χ4v) is 4.61. The minimum atomic E-state index is -0.183. The maximum absolute atomic E-state index is 13.3. The molecule has 2 saturated heterocycles. The predicted molar refractivity (Wildman–Crippen MR) is 116 cm³/mol. The first kappa shape index (κ1) is 19.1. The van der Waals surface area contributed by atoms with E-state index < -0.39 is 0 Å². The van der Waals surface area contributed by atoms with E-state index in [1.54, 1.807) is 23.7 Å². The average Bonchev–Trinajstić information content (AvgIpc) is 2.92. The lowest BCUT2D eigenvalue weighted by molar-refractivity contribution is -0.880. The summed E-state index contributed by atoms with van der Waals surface area (Å²) in [6.45, 7) is 5.53. The molecule has 0 unspecified atom stereocenters. The summed E-state index contributed by atoms with van der Waals surface area (Å²) in [7, 11) is 3.81. The summed E-state index contributed by atoms with van der Waals surface area (Å²) in [4.78, 5) is 36.2. The van der Waals surface area contributed by atoms with Gasteiger partial charge >= 0.3 is 0 Å². The first-order chi connectivity index (χ1) is 13.4. The van der Waals surface area contributed by atoms with E-state index in [0.29, 0.717) is 26.3 Å². The highest BCUT2D eigenvalue weighted by atomic mass is 32.2. The molecule has 0 spiro atoms. The van der Waals surface area contributed by atoms with Gasteiger partial charge in [0.1, 0.15) is 15.8 Å². The van der Waals surface area contributed by atoms with E-state index in [0.717, 1.165) is 31.7 Å². The number of hydrogen-bond acceptors (Lipinski definition) is 6. The molecule has 2 aliphatic heterocycles. The number of thiocarbonyl (C=S) groups is 1. The third kappa shape index (κ3) is 3.23. The number of carbonyl (C=O) groups is 1. The van der Waals surface area contributed by atoms with Crippen molar-refractivity contribution in [1.29, 1.82) is 0 Å². The third-order valence-corrected chi connectivity index (χ3v) is 6.73. The molecular formula is C19H22N5O2S2+. The van der Waals surface area contributed by atoms with E-state index in [2.05, 4.69) is 11.9 Å². The van der Waals surface area contributed by atoms with Gasteiger partial charge in [0.05, 0.1) is 43.7 Å². The summed E-state index contributed by atoms with van der Waals surface area (Å²) in [6, 6.07) is 3.78. The number of hydrogen-bond donors (Lipinski definition) is 1. The number of quaternary nitrogens is 1. The van der Waals surface area contributed by atoms with Crippen LogP contribution in [0.2, 0.25) is 0 Å². The van der Waals surface area contributed by atoms with Crippen molar-refractivity contribution in [1.82, 2.24) is 14.3 Å². The molecule has 4 rings (SSSR count). The number of likely N-dealkylation sites (N-methyl/N-ethyl adjacent to an activating group) is 2. The number of aryl methyl sites for hydroxylation is 1. The maximum Gasteiger partial charge on any atom is 0.267 e. The molecule has 4 heterocycles. The van der Waals surface area contributed by atoms with Crippen molar-refractivity contribution in [3.63, 3.8) is 0 Å². The van der Waals surface area contributed by atoms with E-state index in [1.807, 2.05) is 19.1 Å². The van der Waals surface area contributed by atoms with Gasteiger partial charge in [-0.25, -0.2) is 4.98 Å². The number of amides is 1. The first-order valence-corrected chi connectivity index (χ1v) is 10.4. The van der Waals surface area contributed by atoms with Crippen molar-refractivity contribution in [2.75, 3.05) is 45.2 Å². The van der Waals surface area contributed by atoms with Crippen LogP contribution >= 0.6 is 24.0 Å². The zero-order valence-electron chi connectivity index (χ0n) is 16.1. The highest BCUT2D eigenvalue weighted by Crippen LogP contribution is 2.32. The van der Waals surface area contributed by atoms with Gasteiger partial charge in [0.15, 0.2) is 0 Å². The third-order valence-electron chi connectivity index (χ3n) is 5.24. The van der Waals surface area contributed by atoms with Crippen molar-refractivity contribution in [2.45, 2.75) is 6.92 Å². The zero-order chi connectivity index (χ0) is 20.0. The average molecular weight is 417 g/mol. The largest absolute Gasteiger partial charge is 0.345 e. The van der Waals surface area contributed by atoms with E-state index in [1.165, 1.54) is 21.6 Å². The normalized spacial score (nSPS) is 20.0. The summed E-state index contributed by atoms with van der Waals surface area (Å²) in [5.74, 6) is 0.464. The summed E-state index contributed by atoms with van der Waals surface area (Å²) >= 11 is 6.45. The summed E-state index contributed by atoms with van der Waals surface area (Å²) in [5, 5.41) is 0. The number of piperazine rings is 1. The maximum atomic E-state index is 13.3. The van der Waals surface area contributed by atoms with Crippen LogP contribution in [0, 0.1) is 6.92 Å². The Hall–Kier alpha value is -2.23. The molecule has 0 saturated carbocycles. The number of thioether (sulfide) groups is 1. The molecule has 1 N–H and O–H groups in total. The molecule has 0 bridgehead atoms. The first-order valence-electron chi connectivity index (χ1n) is 9.16. The SMILES string of the molecule is Cc1cccn2c(=O)c(C=C3SC(=S)N(C)C3=O)c(N3CC[NH+](C)CC3)nc12. The molecule has 1 amide bonds. The van der Waals surface area contributed by atoms with Crippen LogP contribution in [0.5, 0.6) is 0 Å². The minimum Gasteiger partial charge on any atom is -0.345 e. The highest BCUT2D eigenvalue weighted by Gasteiger charge is 2.30. The Morgan fingerprint density at radius 3 is 2.64 bits per heavy atom. The number of fused-ring (bicyclic) bond motifs is 1.